The molecule has 0 spiro atoms. The van der Waals surface area contributed by atoms with E-state index in [2.05, 4.69) is 5.32 Å². The first-order chi connectivity index (χ1) is 6.74. The molecule has 0 saturated carbocycles. The lowest BCUT2D eigenvalue weighted by molar-refractivity contribution is -0.671. The third kappa shape index (κ3) is 3.84. The lowest BCUT2D eigenvalue weighted by atomic mass is 10.2. The van der Waals surface area contributed by atoms with Crippen LogP contribution in [0.1, 0.15) is 12.0 Å². The number of hydrogen-bond acceptors (Lipinski definition) is 1. The van der Waals surface area contributed by atoms with Gasteiger partial charge in [-0.05, 0) is 12.1 Å². The molecule has 0 atom stereocenters. The number of halogens is 2. The van der Waals surface area contributed by atoms with Gasteiger partial charge in [0.25, 0.3) is 0 Å². The summed E-state index contributed by atoms with van der Waals surface area (Å²) in [5.41, 5.74) is 1.08. The van der Waals surface area contributed by atoms with Crippen LogP contribution in [-0.4, -0.2) is 18.3 Å². The maximum Gasteiger partial charge on any atom is 0.103 e. The molecule has 1 rings (SSSR count). The van der Waals surface area contributed by atoms with Crippen LogP contribution in [-0.2, 0) is 6.54 Å². The Morgan fingerprint density at radius 1 is 1.29 bits per heavy atom. The second kappa shape index (κ2) is 6.25. The Morgan fingerprint density at radius 2 is 2.07 bits per heavy atom. The summed E-state index contributed by atoms with van der Waals surface area (Å²) in [4.78, 5) is 0. The van der Waals surface area contributed by atoms with Crippen LogP contribution in [0, 0.1) is 0 Å². The van der Waals surface area contributed by atoms with Crippen LogP contribution >= 0.6 is 23.2 Å². The summed E-state index contributed by atoms with van der Waals surface area (Å²) in [6.45, 7) is 1.98. The van der Waals surface area contributed by atoms with Crippen LogP contribution in [0.15, 0.2) is 18.2 Å². The molecule has 0 aliphatic heterocycles. The molecule has 0 unspecified atom stereocenters. The zero-order valence-electron chi connectivity index (χ0n) is 7.84. The first-order valence-electron chi connectivity index (χ1n) is 4.60. The van der Waals surface area contributed by atoms with Crippen molar-refractivity contribution in [3.05, 3.63) is 33.8 Å². The molecule has 0 fully saturated rings. The summed E-state index contributed by atoms with van der Waals surface area (Å²) < 4.78 is 0. The van der Waals surface area contributed by atoms with Crippen LogP contribution in [0.2, 0.25) is 10.0 Å². The lowest BCUT2D eigenvalue weighted by Crippen LogP contribution is -2.82. The van der Waals surface area contributed by atoms with E-state index in [4.69, 9.17) is 28.3 Å². The average Bonchev–Trinajstić information content (AvgIpc) is 2.15. The van der Waals surface area contributed by atoms with Gasteiger partial charge in [0, 0.05) is 23.6 Å². The van der Waals surface area contributed by atoms with Crippen molar-refractivity contribution in [1.29, 1.82) is 0 Å². The third-order valence-corrected chi connectivity index (χ3v) is 2.53. The van der Waals surface area contributed by atoms with Gasteiger partial charge in [0.15, 0.2) is 0 Å². The van der Waals surface area contributed by atoms with Gasteiger partial charge in [0.1, 0.15) is 6.54 Å². The molecule has 0 saturated heterocycles. The van der Waals surface area contributed by atoms with Crippen molar-refractivity contribution in [3.63, 3.8) is 0 Å². The van der Waals surface area contributed by atoms with Crippen molar-refractivity contribution < 1.29 is 10.4 Å². The molecule has 2 nitrogen and oxygen atoms in total. The fourth-order valence-electron chi connectivity index (χ4n) is 1.18. The highest BCUT2D eigenvalue weighted by atomic mass is 35.5. The Kier molecular flexibility index (Phi) is 5.26. The smallest absolute Gasteiger partial charge is 0.103 e. The monoisotopic (exact) mass is 234 g/mol. The molecule has 78 valence electrons. The van der Waals surface area contributed by atoms with Gasteiger partial charge in [-0.2, -0.15) is 0 Å². The molecule has 4 heteroatoms. The second-order valence-corrected chi connectivity index (χ2v) is 3.94. The summed E-state index contributed by atoms with van der Waals surface area (Å²) >= 11 is 11.8. The molecule has 0 amide bonds. The Balaban J connectivity index is 2.42. The number of nitrogens with two attached hydrogens (primary N) is 1. The van der Waals surface area contributed by atoms with Gasteiger partial charge in [-0.25, -0.2) is 0 Å². The standard InChI is InChI=1S/C10H13Cl2NO/c11-9-3-2-8(10(12)6-9)7-13-4-1-5-14/h2-3,6,13-14H,1,4-5,7H2/p+1. The highest BCUT2D eigenvalue weighted by Gasteiger charge is 2.02. The van der Waals surface area contributed by atoms with Gasteiger partial charge in [0.05, 0.1) is 11.6 Å². The number of aliphatic hydroxyl groups is 1. The summed E-state index contributed by atoms with van der Waals surface area (Å²) in [7, 11) is 0. The summed E-state index contributed by atoms with van der Waals surface area (Å²) in [6.07, 6.45) is 0.811. The minimum Gasteiger partial charge on any atom is -0.396 e. The van der Waals surface area contributed by atoms with Gasteiger partial charge < -0.3 is 10.4 Å². The molecule has 1 aromatic carbocycles. The molecular weight excluding hydrogens is 221 g/mol. The minimum atomic E-state index is 0.241. The van der Waals surface area contributed by atoms with E-state index in [9.17, 15) is 0 Å². The predicted molar refractivity (Wildman–Crippen MR) is 58.7 cm³/mol. The first-order valence-corrected chi connectivity index (χ1v) is 5.36. The van der Waals surface area contributed by atoms with E-state index >= 15 is 0 Å². The SMILES string of the molecule is OCCC[NH2+]Cc1ccc(Cl)cc1Cl. The maximum absolute atomic E-state index is 8.59. The van der Waals surface area contributed by atoms with Crippen molar-refractivity contribution in [2.75, 3.05) is 13.2 Å². The first kappa shape index (κ1) is 11.8. The number of hydrogen-bond donors (Lipinski definition) is 2. The highest BCUT2D eigenvalue weighted by molar-refractivity contribution is 6.35. The topological polar surface area (TPSA) is 36.8 Å². The van der Waals surface area contributed by atoms with Gasteiger partial charge in [-0.1, -0.05) is 29.3 Å². The second-order valence-electron chi connectivity index (χ2n) is 3.09. The van der Waals surface area contributed by atoms with Gasteiger partial charge >= 0.3 is 0 Å². The summed E-state index contributed by atoms with van der Waals surface area (Å²) in [5, 5.41) is 12.1. The van der Waals surface area contributed by atoms with Crippen molar-refractivity contribution in [2.24, 2.45) is 0 Å². The maximum atomic E-state index is 8.59. The van der Waals surface area contributed by atoms with Crippen molar-refractivity contribution >= 4 is 23.2 Å². The molecule has 1 aromatic rings. The zero-order valence-corrected chi connectivity index (χ0v) is 9.35. The fourth-order valence-corrected chi connectivity index (χ4v) is 1.67. The predicted octanol–water partition coefficient (Wildman–Crippen LogP) is 1.44. The van der Waals surface area contributed by atoms with Crippen LogP contribution in [0.25, 0.3) is 0 Å². The molecule has 0 radical (unpaired) electrons. The van der Waals surface area contributed by atoms with Crippen molar-refractivity contribution in [3.8, 4) is 0 Å². The third-order valence-electron chi connectivity index (χ3n) is 1.95. The van der Waals surface area contributed by atoms with E-state index in [0.29, 0.717) is 10.0 Å². The molecule has 0 aliphatic rings. The van der Waals surface area contributed by atoms with Crippen molar-refractivity contribution in [1.82, 2.24) is 0 Å². The summed E-state index contributed by atoms with van der Waals surface area (Å²) in [6, 6.07) is 5.51. The Bertz CT molecular complexity index is 291. The van der Waals surface area contributed by atoms with Crippen LogP contribution in [0.4, 0.5) is 0 Å². The molecule has 0 aliphatic carbocycles. The van der Waals surface area contributed by atoms with E-state index in [1.807, 2.05) is 12.1 Å². The largest absolute Gasteiger partial charge is 0.396 e. The van der Waals surface area contributed by atoms with E-state index in [0.717, 1.165) is 25.1 Å². The van der Waals surface area contributed by atoms with Crippen LogP contribution < -0.4 is 5.32 Å². The number of benzene rings is 1. The molecular formula is C10H14Cl2NO+. The van der Waals surface area contributed by atoms with E-state index in [1.165, 1.54) is 0 Å². The minimum absolute atomic E-state index is 0.241. The van der Waals surface area contributed by atoms with Gasteiger partial charge in [0.2, 0.25) is 0 Å². The van der Waals surface area contributed by atoms with Crippen LogP contribution in [0.3, 0.4) is 0 Å². The molecule has 0 heterocycles. The normalized spacial score (nSPS) is 10.5. The number of rotatable bonds is 5. The molecule has 0 bridgehead atoms. The number of aliphatic hydroxyl groups excluding tert-OH is 1. The van der Waals surface area contributed by atoms with Gasteiger partial charge in [-0.3, -0.25) is 0 Å². The Labute approximate surface area is 93.8 Å². The zero-order chi connectivity index (χ0) is 10.4. The highest BCUT2D eigenvalue weighted by Crippen LogP contribution is 2.19. The number of quaternary nitrogens is 1. The average molecular weight is 235 g/mol. The fraction of sp³-hybridized carbons (Fsp3) is 0.400. The molecule has 0 aromatic heterocycles. The lowest BCUT2D eigenvalue weighted by Gasteiger charge is -2.03. The Hall–Kier alpha value is -0.280. The summed E-state index contributed by atoms with van der Waals surface area (Å²) in [5.74, 6) is 0. The van der Waals surface area contributed by atoms with Crippen LogP contribution in [0.5, 0.6) is 0 Å². The quantitative estimate of drug-likeness (QED) is 0.744. The Morgan fingerprint density at radius 3 is 2.71 bits per heavy atom. The van der Waals surface area contributed by atoms with E-state index in [-0.39, 0.29) is 6.61 Å². The van der Waals surface area contributed by atoms with Gasteiger partial charge in [-0.15, -0.1) is 0 Å². The van der Waals surface area contributed by atoms with Crippen molar-refractivity contribution in [2.45, 2.75) is 13.0 Å². The van der Waals surface area contributed by atoms with E-state index < -0.39 is 0 Å². The van der Waals surface area contributed by atoms with E-state index in [1.54, 1.807) is 6.07 Å². The molecule has 14 heavy (non-hydrogen) atoms. The molecule has 3 N–H and O–H groups in total.